The van der Waals surface area contributed by atoms with Gasteiger partial charge in [-0.15, -0.1) is 0 Å². The van der Waals surface area contributed by atoms with Gasteiger partial charge in [0.1, 0.15) is 17.4 Å². The van der Waals surface area contributed by atoms with Crippen LogP contribution in [0.15, 0.2) is 36.4 Å². The molecule has 0 saturated heterocycles. The van der Waals surface area contributed by atoms with Gasteiger partial charge in [0.05, 0.1) is 6.04 Å². The highest BCUT2D eigenvalue weighted by molar-refractivity contribution is 6.30. The number of halogens is 3. The van der Waals surface area contributed by atoms with Gasteiger partial charge in [0.25, 0.3) is 5.91 Å². The number of aryl methyl sites for hydroxylation is 1. The van der Waals surface area contributed by atoms with Gasteiger partial charge >= 0.3 is 0 Å². The van der Waals surface area contributed by atoms with Gasteiger partial charge in [-0.3, -0.25) is 4.79 Å². The fourth-order valence-corrected chi connectivity index (χ4v) is 2.48. The SMILES string of the molecule is Cc1cc(Cl)ccc1OC(C)C(=O)NC(C)c1ccc(F)cc1F. The zero-order valence-electron chi connectivity index (χ0n) is 13.6. The first-order valence-electron chi connectivity index (χ1n) is 7.46. The van der Waals surface area contributed by atoms with E-state index >= 15 is 0 Å². The molecule has 2 unspecified atom stereocenters. The van der Waals surface area contributed by atoms with Gasteiger partial charge in [-0.2, -0.15) is 0 Å². The van der Waals surface area contributed by atoms with Crippen molar-refractivity contribution < 1.29 is 18.3 Å². The number of carbonyl (C=O) groups is 1. The average Bonchev–Trinajstić information content (AvgIpc) is 2.49. The van der Waals surface area contributed by atoms with Crippen LogP contribution in [0.4, 0.5) is 8.78 Å². The highest BCUT2D eigenvalue weighted by atomic mass is 35.5. The average molecular weight is 354 g/mol. The monoisotopic (exact) mass is 353 g/mol. The molecule has 128 valence electrons. The largest absolute Gasteiger partial charge is 0.481 e. The highest BCUT2D eigenvalue weighted by Gasteiger charge is 2.20. The van der Waals surface area contributed by atoms with Crippen molar-refractivity contribution in [3.05, 3.63) is 64.2 Å². The maximum absolute atomic E-state index is 13.8. The van der Waals surface area contributed by atoms with E-state index in [2.05, 4.69) is 5.32 Å². The topological polar surface area (TPSA) is 38.3 Å². The Morgan fingerprint density at radius 2 is 1.88 bits per heavy atom. The summed E-state index contributed by atoms with van der Waals surface area (Å²) in [6.07, 6.45) is -0.782. The predicted octanol–water partition coefficient (Wildman–Crippen LogP) is 4.57. The van der Waals surface area contributed by atoms with E-state index in [4.69, 9.17) is 16.3 Å². The Kier molecular flexibility index (Phi) is 5.78. The summed E-state index contributed by atoms with van der Waals surface area (Å²) in [5.41, 5.74) is 1.01. The molecular formula is C18H18ClF2NO2. The smallest absolute Gasteiger partial charge is 0.261 e. The molecule has 6 heteroatoms. The second kappa shape index (κ2) is 7.62. The Labute approximate surface area is 144 Å². The van der Waals surface area contributed by atoms with Crippen molar-refractivity contribution in [2.45, 2.75) is 32.9 Å². The lowest BCUT2D eigenvalue weighted by Gasteiger charge is -2.20. The minimum Gasteiger partial charge on any atom is -0.481 e. The van der Waals surface area contributed by atoms with E-state index in [-0.39, 0.29) is 5.56 Å². The standard InChI is InChI=1S/C18H18ClF2NO2/c1-10-8-13(19)4-7-17(10)24-12(3)18(23)22-11(2)15-6-5-14(20)9-16(15)21/h4-9,11-12H,1-3H3,(H,22,23). The predicted molar refractivity (Wildman–Crippen MR) is 89.2 cm³/mol. The van der Waals surface area contributed by atoms with Crippen LogP contribution in [0.5, 0.6) is 5.75 Å². The summed E-state index contributed by atoms with van der Waals surface area (Å²) in [7, 11) is 0. The molecule has 2 rings (SSSR count). The van der Waals surface area contributed by atoms with E-state index < -0.39 is 29.7 Å². The van der Waals surface area contributed by atoms with Crippen molar-refractivity contribution in [2.24, 2.45) is 0 Å². The van der Waals surface area contributed by atoms with E-state index in [1.807, 2.05) is 6.92 Å². The van der Waals surface area contributed by atoms with Gasteiger partial charge in [0.15, 0.2) is 6.10 Å². The number of benzene rings is 2. The zero-order chi connectivity index (χ0) is 17.9. The number of nitrogens with one attached hydrogen (secondary N) is 1. The van der Waals surface area contributed by atoms with Crippen LogP contribution < -0.4 is 10.1 Å². The number of carbonyl (C=O) groups excluding carboxylic acids is 1. The Morgan fingerprint density at radius 1 is 1.17 bits per heavy atom. The molecule has 0 aliphatic heterocycles. The third kappa shape index (κ3) is 4.45. The van der Waals surface area contributed by atoms with Gasteiger partial charge < -0.3 is 10.1 Å². The molecule has 0 fully saturated rings. The first kappa shape index (κ1) is 18.2. The maximum Gasteiger partial charge on any atom is 0.261 e. The zero-order valence-corrected chi connectivity index (χ0v) is 14.3. The summed E-state index contributed by atoms with van der Waals surface area (Å²) in [4.78, 5) is 12.2. The summed E-state index contributed by atoms with van der Waals surface area (Å²) in [5.74, 6) is -1.22. The Bertz CT molecular complexity index is 752. The molecule has 3 nitrogen and oxygen atoms in total. The number of amides is 1. The van der Waals surface area contributed by atoms with E-state index in [1.165, 1.54) is 6.07 Å². The summed E-state index contributed by atoms with van der Waals surface area (Å²) in [5, 5.41) is 3.24. The second-order valence-corrected chi connectivity index (χ2v) is 6.00. The van der Waals surface area contributed by atoms with E-state index in [1.54, 1.807) is 32.0 Å². The lowest BCUT2D eigenvalue weighted by molar-refractivity contribution is -0.127. The molecule has 24 heavy (non-hydrogen) atoms. The normalized spacial score (nSPS) is 13.2. The van der Waals surface area contributed by atoms with Crippen LogP contribution in [-0.2, 0) is 4.79 Å². The molecule has 0 bridgehead atoms. The van der Waals surface area contributed by atoms with Gasteiger partial charge in [-0.25, -0.2) is 8.78 Å². The van der Waals surface area contributed by atoms with Crippen LogP contribution in [0.2, 0.25) is 5.02 Å². The van der Waals surface area contributed by atoms with Crippen LogP contribution in [0.3, 0.4) is 0 Å². The quantitative estimate of drug-likeness (QED) is 0.855. The van der Waals surface area contributed by atoms with Crippen LogP contribution in [0.1, 0.15) is 31.0 Å². The summed E-state index contributed by atoms with van der Waals surface area (Å²) >= 11 is 5.88. The second-order valence-electron chi connectivity index (χ2n) is 5.57. The van der Waals surface area contributed by atoms with Crippen LogP contribution in [0, 0.1) is 18.6 Å². The molecule has 2 aromatic rings. The minimum atomic E-state index is -0.782. The molecule has 0 spiro atoms. The van der Waals surface area contributed by atoms with Gasteiger partial charge in [-0.1, -0.05) is 17.7 Å². The van der Waals surface area contributed by atoms with Gasteiger partial charge in [-0.05, 0) is 50.6 Å². The number of ether oxygens (including phenoxy) is 1. The Balaban J connectivity index is 2.02. The van der Waals surface area contributed by atoms with Crippen LogP contribution in [-0.4, -0.2) is 12.0 Å². The third-order valence-electron chi connectivity index (χ3n) is 3.60. The summed E-state index contributed by atoms with van der Waals surface area (Å²) < 4.78 is 32.3. The first-order chi connectivity index (χ1) is 11.3. The van der Waals surface area contributed by atoms with Crippen molar-refractivity contribution >= 4 is 17.5 Å². The molecule has 2 atom stereocenters. The fourth-order valence-electron chi connectivity index (χ4n) is 2.25. The Morgan fingerprint density at radius 3 is 2.50 bits per heavy atom. The van der Waals surface area contributed by atoms with Crippen molar-refractivity contribution in [2.75, 3.05) is 0 Å². The maximum atomic E-state index is 13.8. The van der Waals surface area contributed by atoms with E-state index in [9.17, 15) is 13.6 Å². The van der Waals surface area contributed by atoms with Crippen molar-refractivity contribution in [3.63, 3.8) is 0 Å². The Hall–Kier alpha value is -2.14. The van der Waals surface area contributed by atoms with Gasteiger partial charge in [0.2, 0.25) is 0 Å². The lowest BCUT2D eigenvalue weighted by Crippen LogP contribution is -2.38. The van der Waals surface area contributed by atoms with E-state index in [0.29, 0.717) is 10.8 Å². The molecule has 0 aromatic heterocycles. The third-order valence-corrected chi connectivity index (χ3v) is 3.83. The first-order valence-corrected chi connectivity index (χ1v) is 7.84. The molecule has 1 N–H and O–H groups in total. The molecule has 0 aliphatic carbocycles. The van der Waals surface area contributed by atoms with Gasteiger partial charge in [0, 0.05) is 16.7 Å². The van der Waals surface area contributed by atoms with Crippen LogP contribution in [0.25, 0.3) is 0 Å². The number of hydrogen-bond acceptors (Lipinski definition) is 2. The minimum absolute atomic E-state index is 0.208. The van der Waals surface area contributed by atoms with E-state index in [0.717, 1.165) is 17.7 Å². The molecule has 1 amide bonds. The molecule has 0 aliphatic rings. The van der Waals surface area contributed by atoms with Crippen LogP contribution >= 0.6 is 11.6 Å². The lowest BCUT2D eigenvalue weighted by atomic mass is 10.1. The molecule has 0 heterocycles. The molecule has 2 aromatic carbocycles. The molecular weight excluding hydrogens is 336 g/mol. The van der Waals surface area contributed by atoms with Crippen molar-refractivity contribution in [1.82, 2.24) is 5.32 Å². The molecule has 0 radical (unpaired) electrons. The summed E-state index contributed by atoms with van der Waals surface area (Å²) in [6, 6.07) is 7.72. The fraction of sp³-hybridized carbons (Fsp3) is 0.278. The van der Waals surface area contributed by atoms with Crippen molar-refractivity contribution in [1.29, 1.82) is 0 Å². The highest BCUT2D eigenvalue weighted by Crippen LogP contribution is 2.23. The van der Waals surface area contributed by atoms with Crippen molar-refractivity contribution in [3.8, 4) is 5.75 Å². The summed E-state index contributed by atoms with van der Waals surface area (Å²) in [6.45, 7) is 5.04. The molecule has 0 saturated carbocycles. The number of hydrogen-bond donors (Lipinski definition) is 1. The number of rotatable bonds is 5.